The molecule has 1 aliphatic rings. The van der Waals surface area contributed by atoms with Gasteiger partial charge in [-0.1, -0.05) is 42.8 Å². The highest BCUT2D eigenvalue weighted by Gasteiger charge is 2.21. The van der Waals surface area contributed by atoms with E-state index in [-0.39, 0.29) is 29.9 Å². The molecule has 7 nitrogen and oxygen atoms in total. The van der Waals surface area contributed by atoms with Crippen molar-refractivity contribution in [3.63, 3.8) is 0 Å². The average Bonchev–Trinajstić information content (AvgIpc) is 2.81. The molecule has 1 aromatic carbocycles. The molecule has 0 saturated carbocycles. The number of piperazine rings is 1. The number of aryl methyl sites for hydroxylation is 1. The summed E-state index contributed by atoms with van der Waals surface area (Å²) in [6.45, 7) is 8.76. The number of nitrogens with zero attached hydrogens (tertiary/aromatic N) is 4. The van der Waals surface area contributed by atoms with Gasteiger partial charge in [0.1, 0.15) is 5.82 Å². The molecule has 0 aliphatic carbocycles. The van der Waals surface area contributed by atoms with E-state index in [4.69, 9.17) is 0 Å². The van der Waals surface area contributed by atoms with Crippen LogP contribution in [-0.4, -0.2) is 68.1 Å². The first kappa shape index (κ1) is 25.9. The van der Waals surface area contributed by atoms with Gasteiger partial charge >= 0.3 is 0 Å². The molecule has 2 heterocycles. The van der Waals surface area contributed by atoms with E-state index in [2.05, 4.69) is 63.6 Å². The molecule has 0 spiro atoms. The third-order valence-electron chi connectivity index (χ3n) is 5.65. The fourth-order valence-corrected chi connectivity index (χ4v) is 3.74. The molecule has 2 N–H and O–H groups in total. The van der Waals surface area contributed by atoms with Crippen LogP contribution in [0.2, 0.25) is 0 Å². The fourth-order valence-electron chi connectivity index (χ4n) is 3.74. The van der Waals surface area contributed by atoms with E-state index in [0.29, 0.717) is 18.9 Å². The molecule has 2 aromatic rings. The molecule has 1 aliphatic heterocycles. The predicted octanol–water partition coefficient (Wildman–Crippen LogP) is 3.02. The van der Waals surface area contributed by atoms with E-state index in [1.807, 2.05) is 23.1 Å². The number of carbonyl (C=O) groups is 1. The Balaban J connectivity index is 0.00000363. The lowest BCUT2D eigenvalue weighted by Crippen LogP contribution is -2.49. The number of guanidine groups is 1. The van der Waals surface area contributed by atoms with Crippen LogP contribution in [0.25, 0.3) is 0 Å². The number of hydrogen-bond donors (Lipinski definition) is 2. The number of anilines is 1. The highest BCUT2D eigenvalue weighted by Crippen LogP contribution is 2.15. The van der Waals surface area contributed by atoms with Gasteiger partial charge in [-0.2, -0.15) is 0 Å². The Morgan fingerprint density at radius 2 is 1.91 bits per heavy atom. The summed E-state index contributed by atoms with van der Waals surface area (Å²) in [6, 6.07) is 14.5. The number of hydrogen-bond acceptors (Lipinski definition) is 4. The molecule has 32 heavy (non-hydrogen) atoms. The average molecular weight is 550 g/mol. The molecule has 1 atom stereocenters. The quantitative estimate of drug-likeness (QED) is 0.315. The largest absolute Gasteiger partial charge is 0.356 e. The van der Waals surface area contributed by atoms with Crippen molar-refractivity contribution in [2.75, 3.05) is 51.2 Å². The molecule has 1 amide bonds. The molecule has 174 valence electrons. The Labute approximate surface area is 208 Å². The van der Waals surface area contributed by atoms with E-state index in [9.17, 15) is 4.79 Å². The Morgan fingerprint density at radius 3 is 2.56 bits per heavy atom. The molecule has 1 fully saturated rings. The smallest absolute Gasteiger partial charge is 0.224 e. The van der Waals surface area contributed by atoms with Crippen molar-refractivity contribution in [2.45, 2.75) is 26.2 Å². The zero-order chi connectivity index (χ0) is 22.1. The summed E-state index contributed by atoms with van der Waals surface area (Å²) < 4.78 is 0. The summed E-state index contributed by atoms with van der Waals surface area (Å²) in [6.07, 6.45) is 2.26. The molecular weight excluding hydrogens is 515 g/mol. The Bertz CT molecular complexity index is 868. The minimum atomic E-state index is 0. The number of aromatic nitrogens is 1. The summed E-state index contributed by atoms with van der Waals surface area (Å²) in [5.74, 6) is 2.26. The second-order valence-electron chi connectivity index (χ2n) is 8.00. The first-order chi connectivity index (χ1) is 15.1. The summed E-state index contributed by atoms with van der Waals surface area (Å²) in [7, 11) is 1.76. The van der Waals surface area contributed by atoms with E-state index in [0.717, 1.165) is 44.5 Å². The van der Waals surface area contributed by atoms with E-state index >= 15 is 0 Å². The first-order valence-electron chi connectivity index (χ1n) is 11.0. The van der Waals surface area contributed by atoms with Gasteiger partial charge < -0.3 is 20.4 Å². The summed E-state index contributed by atoms with van der Waals surface area (Å²) in [4.78, 5) is 25.4. The van der Waals surface area contributed by atoms with Crippen molar-refractivity contribution in [3.8, 4) is 0 Å². The van der Waals surface area contributed by atoms with Crippen molar-refractivity contribution in [2.24, 2.45) is 4.99 Å². The van der Waals surface area contributed by atoms with Gasteiger partial charge in [0, 0.05) is 58.9 Å². The molecule has 1 saturated heterocycles. The number of nitrogens with one attached hydrogen (secondary N) is 2. The van der Waals surface area contributed by atoms with Crippen molar-refractivity contribution >= 4 is 41.7 Å². The van der Waals surface area contributed by atoms with Crippen LogP contribution in [0.1, 0.15) is 30.4 Å². The molecule has 0 radical (unpaired) electrons. The number of carbonyl (C=O) groups excluding carboxylic acids is 1. The van der Waals surface area contributed by atoms with Crippen molar-refractivity contribution < 1.29 is 4.79 Å². The van der Waals surface area contributed by atoms with Crippen LogP contribution in [0.3, 0.4) is 0 Å². The zero-order valence-electron chi connectivity index (χ0n) is 19.3. The second-order valence-corrected chi connectivity index (χ2v) is 8.00. The normalized spacial score (nSPS) is 15.0. The van der Waals surface area contributed by atoms with Crippen LogP contribution in [0.5, 0.6) is 0 Å². The maximum absolute atomic E-state index is 12.6. The van der Waals surface area contributed by atoms with Crippen LogP contribution in [0, 0.1) is 6.92 Å². The Kier molecular flexibility index (Phi) is 10.7. The van der Waals surface area contributed by atoms with Gasteiger partial charge in [0.05, 0.1) is 0 Å². The summed E-state index contributed by atoms with van der Waals surface area (Å²) in [5, 5.41) is 6.63. The third kappa shape index (κ3) is 7.65. The number of rotatable bonds is 7. The second kappa shape index (κ2) is 13.2. The van der Waals surface area contributed by atoms with Crippen molar-refractivity contribution in [1.29, 1.82) is 0 Å². The summed E-state index contributed by atoms with van der Waals surface area (Å²) in [5.41, 5.74) is 2.58. The van der Waals surface area contributed by atoms with Gasteiger partial charge in [-0.25, -0.2) is 4.98 Å². The molecule has 8 heteroatoms. The number of benzene rings is 1. The van der Waals surface area contributed by atoms with Crippen LogP contribution >= 0.6 is 24.0 Å². The fraction of sp³-hybridized carbons (Fsp3) is 0.458. The summed E-state index contributed by atoms with van der Waals surface area (Å²) >= 11 is 0. The number of aliphatic imine (C=N–C) groups is 1. The Hall–Kier alpha value is -2.36. The van der Waals surface area contributed by atoms with Gasteiger partial charge in [0.25, 0.3) is 0 Å². The van der Waals surface area contributed by atoms with Crippen molar-refractivity contribution in [1.82, 2.24) is 20.5 Å². The van der Waals surface area contributed by atoms with E-state index < -0.39 is 0 Å². The Morgan fingerprint density at radius 1 is 1.12 bits per heavy atom. The number of pyridine rings is 1. The minimum Gasteiger partial charge on any atom is -0.356 e. The maximum atomic E-state index is 12.6. The van der Waals surface area contributed by atoms with Crippen LogP contribution in [0.4, 0.5) is 5.82 Å². The van der Waals surface area contributed by atoms with E-state index in [1.54, 1.807) is 13.2 Å². The molecule has 3 rings (SSSR count). The lowest BCUT2D eigenvalue weighted by molar-refractivity contribution is -0.131. The van der Waals surface area contributed by atoms with Crippen LogP contribution < -0.4 is 15.5 Å². The van der Waals surface area contributed by atoms with Crippen LogP contribution in [0.15, 0.2) is 53.7 Å². The van der Waals surface area contributed by atoms with Crippen LogP contribution in [-0.2, 0) is 4.79 Å². The number of amides is 1. The van der Waals surface area contributed by atoms with Crippen molar-refractivity contribution in [3.05, 3.63) is 59.8 Å². The van der Waals surface area contributed by atoms with Gasteiger partial charge in [-0.3, -0.25) is 9.79 Å². The van der Waals surface area contributed by atoms with E-state index in [1.165, 1.54) is 11.1 Å². The SMILES string of the molecule is CN=C(NCCC(=O)N1CCN(c2ccccn2)CC1)NCC(C)c1cccc(C)c1.I. The van der Waals surface area contributed by atoms with Gasteiger partial charge in [0.15, 0.2) is 5.96 Å². The highest BCUT2D eigenvalue weighted by atomic mass is 127. The lowest BCUT2D eigenvalue weighted by Gasteiger charge is -2.35. The van der Waals surface area contributed by atoms with Gasteiger partial charge in [0.2, 0.25) is 5.91 Å². The highest BCUT2D eigenvalue weighted by molar-refractivity contribution is 14.0. The first-order valence-corrected chi connectivity index (χ1v) is 11.0. The molecule has 0 bridgehead atoms. The standard InChI is InChI=1S/C24H34N6O.HI/c1-19-7-6-8-21(17-19)20(2)18-28-24(25-3)27-12-10-23(31)30-15-13-29(14-16-30)22-9-4-5-11-26-22;/h4-9,11,17,20H,10,12-16,18H2,1-3H3,(H2,25,27,28);1H. The van der Waals surface area contributed by atoms with Gasteiger partial charge in [-0.05, 0) is 30.5 Å². The molecule has 1 aromatic heterocycles. The third-order valence-corrected chi connectivity index (χ3v) is 5.65. The minimum absolute atomic E-state index is 0. The molecular formula is C24H35IN6O. The molecule has 1 unspecified atom stereocenters. The predicted molar refractivity (Wildman–Crippen MR) is 142 cm³/mol. The lowest BCUT2D eigenvalue weighted by atomic mass is 9.99. The monoisotopic (exact) mass is 550 g/mol. The zero-order valence-corrected chi connectivity index (χ0v) is 21.6. The topological polar surface area (TPSA) is 72.9 Å². The number of halogens is 1. The maximum Gasteiger partial charge on any atom is 0.224 e. The van der Waals surface area contributed by atoms with Gasteiger partial charge in [-0.15, -0.1) is 24.0 Å².